The van der Waals surface area contributed by atoms with Crippen molar-refractivity contribution in [2.24, 2.45) is 41.4 Å². The summed E-state index contributed by atoms with van der Waals surface area (Å²) in [6.07, 6.45) is 57.7. The van der Waals surface area contributed by atoms with Gasteiger partial charge in [0.2, 0.25) is 0 Å². The van der Waals surface area contributed by atoms with Gasteiger partial charge < -0.3 is 0 Å². The molecule has 63 heavy (non-hydrogen) atoms. The summed E-state index contributed by atoms with van der Waals surface area (Å²) in [5, 5.41) is 19.0. The van der Waals surface area contributed by atoms with E-state index in [0.717, 1.165) is 103 Å². The first-order chi connectivity index (χ1) is 31.1. The van der Waals surface area contributed by atoms with Crippen molar-refractivity contribution in [2.75, 3.05) is 0 Å². The second kappa shape index (κ2) is 21.7. The number of hydrogen-bond donors (Lipinski definition) is 0. The molecule has 1 saturated heterocycles. The standard InChI is InChI=1S/C58H93N5/c59-40-43(41-60)37-42-21-29-54(30-22-42)63-57-35-27-46(44-23-31-52(32-24-44)61(48-13-5-1-6-14-48)49-15-7-2-8-16-49)38-55(57)56-39-47(28-36-58(56)63)45-25-33-53(34-26-45)62(50-17-9-3-10-18-50)51-19-11-4-12-20-51/h37,42,44-58H,1-36,38-39H2. The first kappa shape index (κ1) is 45.4. The van der Waals surface area contributed by atoms with Gasteiger partial charge in [0.25, 0.3) is 0 Å². The summed E-state index contributed by atoms with van der Waals surface area (Å²) in [7, 11) is 0. The summed E-state index contributed by atoms with van der Waals surface area (Å²) >= 11 is 0. The third-order valence-electron chi connectivity index (χ3n) is 21.6. The molecular formula is C58H93N5. The Morgan fingerprint density at radius 2 is 0.698 bits per heavy atom. The quantitative estimate of drug-likeness (QED) is 0.205. The largest absolute Gasteiger partial charge is 0.294 e. The first-order valence-corrected chi connectivity index (χ1v) is 29.0. The predicted octanol–water partition coefficient (Wildman–Crippen LogP) is 14.5. The van der Waals surface area contributed by atoms with Gasteiger partial charge in [-0.1, -0.05) is 83.1 Å². The Morgan fingerprint density at radius 3 is 1.05 bits per heavy atom. The van der Waals surface area contributed by atoms with Crippen molar-refractivity contribution in [1.29, 1.82) is 10.5 Å². The van der Waals surface area contributed by atoms with E-state index in [9.17, 15) is 10.5 Å². The lowest BCUT2D eigenvalue weighted by Crippen LogP contribution is -2.52. The monoisotopic (exact) mass is 860 g/mol. The summed E-state index contributed by atoms with van der Waals surface area (Å²) in [6, 6.07) is 12.0. The number of nitriles is 2. The van der Waals surface area contributed by atoms with Crippen LogP contribution in [0.5, 0.6) is 0 Å². The molecule has 0 aromatic rings. The highest BCUT2D eigenvalue weighted by molar-refractivity contribution is 5.35. The fraction of sp³-hybridized carbons (Fsp3) is 0.931. The van der Waals surface area contributed by atoms with Crippen LogP contribution in [0.25, 0.3) is 0 Å². The Balaban J connectivity index is 0.810. The van der Waals surface area contributed by atoms with Gasteiger partial charge in [0.1, 0.15) is 17.7 Å². The van der Waals surface area contributed by atoms with Crippen molar-refractivity contribution in [2.45, 2.75) is 298 Å². The van der Waals surface area contributed by atoms with Crippen molar-refractivity contribution in [1.82, 2.24) is 14.7 Å². The summed E-state index contributed by atoms with van der Waals surface area (Å²) in [6.45, 7) is 0. The van der Waals surface area contributed by atoms with Crippen LogP contribution in [-0.4, -0.2) is 69.1 Å². The molecule has 10 fully saturated rings. The summed E-state index contributed by atoms with van der Waals surface area (Å²) in [5.74, 6) is 6.20. The molecule has 5 nitrogen and oxygen atoms in total. The number of allylic oxidation sites excluding steroid dienone is 2. The Bertz CT molecular complexity index is 1390. The molecule has 5 heteroatoms. The van der Waals surface area contributed by atoms with Crippen LogP contribution in [0.4, 0.5) is 0 Å². The molecule has 6 atom stereocenters. The maximum absolute atomic E-state index is 9.51. The van der Waals surface area contributed by atoms with Gasteiger partial charge in [-0.05, 0) is 208 Å². The minimum atomic E-state index is 0.339. The average Bonchev–Trinajstić information content (AvgIpc) is 3.68. The van der Waals surface area contributed by atoms with Crippen LogP contribution >= 0.6 is 0 Å². The Morgan fingerprint density at radius 1 is 0.365 bits per heavy atom. The Hall–Kier alpha value is -1.40. The van der Waals surface area contributed by atoms with Gasteiger partial charge in [0, 0.05) is 54.4 Å². The van der Waals surface area contributed by atoms with Crippen molar-refractivity contribution in [3.05, 3.63) is 11.6 Å². The van der Waals surface area contributed by atoms with E-state index >= 15 is 0 Å². The number of hydrogen-bond acceptors (Lipinski definition) is 5. The minimum absolute atomic E-state index is 0.339. The molecule has 0 amide bonds. The lowest BCUT2D eigenvalue weighted by Gasteiger charge is -2.50. The molecule has 9 aliphatic carbocycles. The predicted molar refractivity (Wildman–Crippen MR) is 259 cm³/mol. The van der Waals surface area contributed by atoms with Crippen LogP contribution in [0.15, 0.2) is 11.6 Å². The molecule has 1 aliphatic heterocycles. The molecule has 0 spiro atoms. The molecule has 0 bridgehead atoms. The van der Waals surface area contributed by atoms with Crippen LogP contribution in [0.3, 0.4) is 0 Å². The van der Waals surface area contributed by atoms with E-state index in [0.29, 0.717) is 11.5 Å². The topological polar surface area (TPSA) is 57.3 Å². The van der Waals surface area contributed by atoms with Crippen LogP contribution in [-0.2, 0) is 0 Å². The fourth-order valence-corrected chi connectivity index (χ4v) is 18.7. The SMILES string of the molecule is N#CC(C#N)=CC1CCC(N2C3CCC(C4CCC(N(C5CCCCC5)C5CCCCC5)CC4)CC3C3CC(C4CCC(N(C5CCCCC5)C5CCCCC5)CC4)CCC32)CC1. The molecule has 0 N–H and O–H groups in total. The number of likely N-dealkylation sites (tertiary alicyclic amines) is 1. The van der Waals surface area contributed by atoms with E-state index in [1.807, 2.05) is 6.08 Å². The summed E-state index contributed by atoms with van der Waals surface area (Å²) in [4.78, 5) is 9.68. The van der Waals surface area contributed by atoms with Gasteiger partial charge in [-0.15, -0.1) is 0 Å². The van der Waals surface area contributed by atoms with Crippen molar-refractivity contribution in [3.8, 4) is 12.1 Å². The highest BCUT2D eigenvalue weighted by atomic mass is 15.3. The van der Waals surface area contributed by atoms with E-state index in [4.69, 9.17) is 0 Å². The second-order valence-corrected chi connectivity index (χ2v) is 24.6. The molecule has 0 aromatic heterocycles. The number of fused-ring (bicyclic) bond motifs is 3. The smallest absolute Gasteiger partial charge is 0.125 e. The van der Waals surface area contributed by atoms with E-state index < -0.39 is 0 Å². The molecule has 0 radical (unpaired) electrons. The molecule has 1 heterocycles. The van der Waals surface area contributed by atoms with E-state index in [2.05, 4.69) is 26.8 Å². The minimum Gasteiger partial charge on any atom is -0.294 e. The van der Waals surface area contributed by atoms with Crippen LogP contribution in [0, 0.1) is 64.1 Å². The zero-order valence-electron chi connectivity index (χ0n) is 40.4. The molecule has 10 aliphatic rings. The molecule has 0 aromatic carbocycles. The summed E-state index contributed by atoms with van der Waals surface area (Å²) < 4.78 is 0. The highest BCUT2D eigenvalue weighted by Crippen LogP contribution is 2.57. The summed E-state index contributed by atoms with van der Waals surface area (Å²) in [5.41, 5.74) is 0.339. The third kappa shape index (κ3) is 10.2. The van der Waals surface area contributed by atoms with Gasteiger partial charge in [0.05, 0.1) is 0 Å². The fourth-order valence-electron chi connectivity index (χ4n) is 18.7. The second-order valence-electron chi connectivity index (χ2n) is 24.6. The number of nitrogens with zero attached hydrogens (tertiary/aromatic N) is 5. The maximum Gasteiger partial charge on any atom is 0.125 e. The molecular weight excluding hydrogens is 767 g/mol. The van der Waals surface area contributed by atoms with Gasteiger partial charge >= 0.3 is 0 Å². The zero-order valence-corrected chi connectivity index (χ0v) is 40.4. The molecule has 10 rings (SSSR count). The molecule has 6 unspecified atom stereocenters. The maximum atomic E-state index is 9.51. The van der Waals surface area contributed by atoms with Gasteiger partial charge in [-0.2, -0.15) is 10.5 Å². The van der Waals surface area contributed by atoms with Crippen molar-refractivity contribution >= 4 is 0 Å². The average molecular weight is 860 g/mol. The van der Waals surface area contributed by atoms with Gasteiger partial charge in [-0.25, -0.2) is 0 Å². The van der Waals surface area contributed by atoms with Crippen LogP contribution in [0.1, 0.15) is 244 Å². The highest BCUT2D eigenvalue weighted by Gasteiger charge is 2.56. The van der Waals surface area contributed by atoms with Crippen LogP contribution in [0.2, 0.25) is 0 Å². The molecule has 9 saturated carbocycles. The number of rotatable bonds is 10. The Labute approximate surface area is 387 Å². The normalized spacial score (nSPS) is 40.8. The van der Waals surface area contributed by atoms with E-state index in [-0.39, 0.29) is 0 Å². The van der Waals surface area contributed by atoms with Crippen molar-refractivity contribution in [3.63, 3.8) is 0 Å². The lowest BCUT2D eigenvalue weighted by molar-refractivity contribution is 0.00292. The van der Waals surface area contributed by atoms with E-state index in [1.54, 1.807) is 12.8 Å². The Kier molecular flexibility index (Phi) is 15.6. The van der Waals surface area contributed by atoms with Gasteiger partial charge in [0.15, 0.2) is 0 Å². The molecule has 350 valence electrons. The van der Waals surface area contributed by atoms with Gasteiger partial charge in [-0.3, -0.25) is 14.7 Å². The lowest BCUT2D eigenvalue weighted by atomic mass is 9.62. The van der Waals surface area contributed by atoms with Crippen LogP contribution < -0.4 is 0 Å². The first-order valence-electron chi connectivity index (χ1n) is 29.0. The van der Waals surface area contributed by atoms with Crippen molar-refractivity contribution < 1.29 is 0 Å². The zero-order chi connectivity index (χ0) is 42.5. The van der Waals surface area contributed by atoms with E-state index in [1.165, 1.54) is 218 Å². The third-order valence-corrected chi connectivity index (χ3v) is 21.6.